The number of likely N-dealkylation sites (tertiary alicyclic amines) is 1. The van der Waals surface area contributed by atoms with Crippen LogP contribution in [0.1, 0.15) is 29.8 Å². The lowest BCUT2D eigenvalue weighted by Gasteiger charge is -2.29. The lowest BCUT2D eigenvalue weighted by molar-refractivity contribution is 0.0886. The summed E-state index contributed by atoms with van der Waals surface area (Å²) in [5.41, 5.74) is 1.52. The van der Waals surface area contributed by atoms with E-state index in [4.69, 9.17) is 4.74 Å². The Bertz CT molecular complexity index is 1140. The second-order valence-electron chi connectivity index (χ2n) is 8.26. The maximum Gasteiger partial charge on any atom is 0.269 e. The summed E-state index contributed by atoms with van der Waals surface area (Å²) in [7, 11) is 0. The number of carbonyl (C=O) groups is 1. The van der Waals surface area contributed by atoms with Crippen LogP contribution in [0, 0.1) is 17.4 Å². The first-order valence-corrected chi connectivity index (χ1v) is 10.5. The van der Waals surface area contributed by atoms with Crippen molar-refractivity contribution >= 4 is 5.91 Å². The molecule has 2 fully saturated rings. The molecule has 156 valence electrons. The Balaban J connectivity index is 1.36. The molecule has 7 nitrogen and oxygen atoms in total. The molecule has 1 saturated carbocycles. The fourth-order valence-corrected chi connectivity index (χ4v) is 4.82. The predicted molar refractivity (Wildman–Crippen MR) is 115 cm³/mol. The minimum atomic E-state index is -0.327. The molecular weight excluding hydrogens is 390 g/mol. The number of aromatic amines is 1. The summed E-state index contributed by atoms with van der Waals surface area (Å²) in [6.07, 6.45) is 5.24. The maximum atomic E-state index is 13.0. The molecule has 1 unspecified atom stereocenters. The SMILES string of the molecule is N#CN1C[C@H]2CCCC2(NC(=O)c2cc(-c3ccccc3Oc3ccccc3)n[nH]2)C1. The van der Waals surface area contributed by atoms with Gasteiger partial charge in [-0.3, -0.25) is 9.89 Å². The standard InChI is InChI=1S/C24H23N5O2/c25-16-29-14-17-7-6-12-24(17,15-29)26-23(30)21-13-20(27-28-21)19-10-4-5-11-22(19)31-18-8-2-1-3-9-18/h1-5,8-11,13,17H,6-7,12,14-15H2,(H,26,30)(H,27,28)/t17-,24?/m1/s1. The average molecular weight is 413 g/mol. The molecule has 2 aliphatic rings. The fourth-order valence-electron chi connectivity index (χ4n) is 4.82. The van der Waals surface area contributed by atoms with Gasteiger partial charge in [0.25, 0.3) is 5.91 Å². The minimum Gasteiger partial charge on any atom is -0.457 e. The second-order valence-corrected chi connectivity index (χ2v) is 8.26. The van der Waals surface area contributed by atoms with E-state index in [1.165, 1.54) is 0 Å². The molecule has 1 aliphatic carbocycles. The first-order valence-electron chi connectivity index (χ1n) is 10.5. The number of nitrogens with one attached hydrogen (secondary N) is 2. The Kier molecular flexibility index (Phi) is 4.83. The molecule has 0 spiro atoms. The quantitative estimate of drug-likeness (QED) is 0.618. The molecule has 2 N–H and O–H groups in total. The van der Waals surface area contributed by atoms with Gasteiger partial charge in [0, 0.05) is 18.0 Å². The van der Waals surface area contributed by atoms with Crippen LogP contribution in [-0.2, 0) is 0 Å². The van der Waals surface area contributed by atoms with Crippen molar-refractivity contribution in [3.05, 3.63) is 66.4 Å². The smallest absolute Gasteiger partial charge is 0.269 e. The second kappa shape index (κ2) is 7.80. The van der Waals surface area contributed by atoms with E-state index in [0.717, 1.165) is 37.1 Å². The van der Waals surface area contributed by atoms with Crippen molar-refractivity contribution in [1.29, 1.82) is 5.26 Å². The molecule has 7 heteroatoms. The number of fused-ring (bicyclic) bond motifs is 1. The minimum absolute atomic E-state index is 0.188. The number of amides is 1. The van der Waals surface area contributed by atoms with Gasteiger partial charge in [-0.1, -0.05) is 36.8 Å². The summed E-state index contributed by atoms with van der Waals surface area (Å²) >= 11 is 0. The van der Waals surface area contributed by atoms with Crippen LogP contribution in [0.15, 0.2) is 60.7 Å². The third-order valence-corrected chi connectivity index (χ3v) is 6.33. The molecule has 5 rings (SSSR count). The van der Waals surface area contributed by atoms with Crippen molar-refractivity contribution in [2.24, 2.45) is 5.92 Å². The molecule has 2 aromatic carbocycles. The largest absolute Gasteiger partial charge is 0.457 e. The van der Waals surface area contributed by atoms with Gasteiger partial charge in [0.05, 0.1) is 17.8 Å². The highest BCUT2D eigenvalue weighted by Gasteiger charge is 2.50. The highest BCUT2D eigenvalue weighted by molar-refractivity contribution is 5.94. The van der Waals surface area contributed by atoms with Crippen molar-refractivity contribution in [3.63, 3.8) is 0 Å². The third kappa shape index (κ3) is 3.61. The molecule has 2 atom stereocenters. The Labute approximate surface area is 180 Å². The Hall–Kier alpha value is -3.79. The van der Waals surface area contributed by atoms with E-state index in [1.54, 1.807) is 11.0 Å². The van der Waals surface area contributed by atoms with E-state index < -0.39 is 0 Å². The monoisotopic (exact) mass is 413 g/mol. The van der Waals surface area contributed by atoms with Gasteiger partial charge in [0.1, 0.15) is 17.2 Å². The summed E-state index contributed by atoms with van der Waals surface area (Å²) in [5, 5.41) is 19.7. The molecule has 0 bridgehead atoms. The van der Waals surface area contributed by atoms with E-state index in [9.17, 15) is 10.1 Å². The summed E-state index contributed by atoms with van der Waals surface area (Å²) < 4.78 is 6.03. The van der Waals surface area contributed by atoms with Gasteiger partial charge >= 0.3 is 0 Å². The lowest BCUT2D eigenvalue weighted by atomic mass is 9.90. The number of carbonyl (C=O) groups excluding carboxylic acids is 1. The lowest BCUT2D eigenvalue weighted by Crippen LogP contribution is -2.51. The highest BCUT2D eigenvalue weighted by Crippen LogP contribution is 2.41. The van der Waals surface area contributed by atoms with E-state index in [1.807, 2.05) is 54.6 Å². The Morgan fingerprint density at radius 1 is 1.23 bits per heavy atom. The predicted octanol–water partition coefficient (Wildman–Crippen LogP) is 3.93. The Morgan fingerprint density at radius 3 is 2.87 bits per heavy atom. The topological polar surface area (TPSA) is 94.0 Å². The zero-order valence-corrected chi connectivity index (χ0v) is 17.0. The number of ether oxygens (including phenoxy) is 1. The number of aromatic nitrogens is 2. The highest BCUT2D eigenvalue weighted by atomic mass is 16.5. The third-order valence-electron chi connectivity index (χ3n) is 6.33. The van der Waals surface area contributed by atoms with Crippen LogP contribution in [0.5, 0.6) is 11.5 Å². The summed E-state index contributed by atoms with van der Waals surface area (Å²) in [5.74, 6) is 1.53. The number of hydrogen-bond acceptors (Lipinski definition) is 5. The molecule has 1 amide bonds. The van der Waals surface area contributed by atoms with Gasteiger partial charge in [-0.25, -0.2) is 0 Å². The van der Waals surface area contributed by atoms with Crippen LogP contribution in [0.2, 0.25) is 0 Å². The van der Waals surface area contributed by atoms with Crippen molar-refractivity contribution < 1.29 is 9.53 Å². The number of nitriles is 1. The van der Waals surface area contributed by atoms with Crippen molar-refractivity contribution in [3.8, 4) is 28.9 Å². The van der Waals surface area contributed by atoms with Gasteiger partial charge < -0.3 is 15.0 Å². The average Bonchev–Trinajstić information content (AvgIpc) is 3.49. The number of para-hydroxylation sites is 2. The zero-order chi connectivity index (χ0) is 21.3. The van der Waals surface area contributed by atoms with Crippen LogP contribution in [-0.4, -0.2) is 39.6 Å². The van der Waals surface area contributed by atoms with Crippen LogP contribution < -0.4 is 10.1 Å². The number of hydrogen-bond donors (Lipinski definition) is 2. The summed E-state index contributed by atoms with van der Waals surface area (Å²) in [6, 6.07) is 18.9. The fraction of sp³-hybridized carbons (Fsp3) is 0.292. The number of benzene rings is 2. The molecule has 31 heavy (non-hydrogen) atoms. The maximum absolute atomic E-state index is 13.0. The van der Waals surface area contributed by atoms with E-state index >= 15 is 0 Å². The zero-order valence-electron chi connectivity index (χ0n) is 17.0. The molecule has 1 aromatic heterocycles. The van der Waals surface area contributed by atoms with Gasteiger partial charge in [-0.15, -0.1) is 0 Å². The Morgan fingerprint density at radius 2 is 2.03 bits per heavy atom. The van der Waals surface area contributed by atoms with Crippen LogP contribution in [0.3, 0.4) is 0 Å². The van der Waals surface area contributed by atoms with Gasteiger partial charge in [-0.05, 0) is 43.2 Å². The molecule has 3 aromatic rings. The van der Waals surface area contributed by atoms with Gasteiger partial charge in [-0.2, -0.15) is 10.4 Å². The number of rotatable bonds is 5. The first-order chi connectivity index (χ1) is 15.2. The van der Waals surface area contributed by atoms with Gasteiger partial charge in [0.2, 0.25) is 0 Å². The van der Waals surface area contributed by atoms with E-state index in [-0.39, 0.29) is 11.4 Å². The van der Waals surface area contributed by atoms with Crippen LogP contribution in [0.4, 0.5) is 0 Å². The van der Waals surface area contributed by atoms with Crippen molar-refractivity contribution in [1.82, 2.24) is 20.4 Å². The summed E-state index contributed by atoms with van der Waals surface area (Å²) in [4.78, 5) is 14.8. The first kappa shape index (κ1) is 19.2. The van der Waals surface area contributed by atoms with E-state index in [0.29, 0.717) is 29.6 Å². The van der Waals surface area contributed by atoms with Crippen LogP contribution >= 0.6 is 0 Å². The number of H-pyrrole nitrogens is 1. The van der Waals surface area contributed by atoms with Crippen molar-refractivity contribution in [2.45, 2.75) is 24.8 Å². The molecule has 1 aliphatic heterocycles. The van der Waals surface area contributed by atoms with Crippen LogP contribution in [0.25, 0.3) is 11.3 Å². The molecule has 1 saturated heterocycles. The normalized spacial score (nSPS) is 22.0. The summed E-state index contributed by atoms with van der Waals surface area (Å²) in [6.45, 7) is 1.30. The number of nitrogens with zero attached hydrogens (tertiary/aromatic N) is 3. The van der Waals surface area contributed by atoms with Gasteiger partial charge in [0.15, 0.2) is 6.19 Å². The molecular formula is C24H23N5O2. The van der Waals surface area contributed by atoms with Crippen molar-refractivity contribution in [2.75, 3.05) is 13.1 Å². The van der Waals surface area contributed by atoms with E-state index in [2.05, 4.69) is 21.7 Å². The molecule has 0 radical (unpaired) electrons. The molecule has 2 heterocycles.